The predicted octanol–water partition coefficient (Wildman–Crippen LogP) is 3.02. The van der Waals surface area contributed by atoms with Crippen LogP contribution in [-0.4, -0.2) is 62.7 Å². The number of hydrogen-bond acceptors (Lipinski definition) is 5. The smallest absolute Gasteiger partial charge is 0.193 e. The van der Waals surface area contributed by atoms with Gasteiger partial charge in [-0.2, -0.15) is 0 Å². The zero-order valence-electron chi connectivity index (χ0n) is 16.1. The first kappa shape index (κ1) is 21.7. The van der Waals surface area contributed by atoms with E-state index in [1.165, 1.54) is 15.6 Å². The van der Waals surface area contributed by atoms with Gasteiger partial charge in [0.25, 0.3) is 0 Å². The lowest BCUT2D eigenvalue weighted by Gasteiger charge is -2.37. The second kappa shape index (κ2) is 10.7. The van der Waals surface area contributed by atoms with Crippen molar-refractivity contribution in [3.05, 3.63) is 40.3 Å². The molecule has 0 unspecified atom stereocenters. The molecule has 3 rings (SSSR count). The summed E-state index contributed by atoms with van der Waals surface area (Å²) in [5.41, 5.74) is 1.21. The van der Waals surface area contributed by atoms with Crippen LogP contribution in [0.5, 0.6) is 5.75 Å². The summed E-state index contributed by atoms with van der Waals surface area (Å²) in [4.78, 5) is 14.8. The van der Waals surface area contributed by atoms with Crippen LogP contribution in [0.4, 0.5) is 5.69 Å². The van der Waals surface area contributed by atoms with Crippen molar-refractivity contribution in [3.63, 3.8) is 0 Å². The maximum absolute atomic E-state index is 5.33. The Morgan fingerprint density at radius 2 is 2.07 bits per heavy atom. The van der Waals surface area contributed by atoms with Crippen molar-refractivity contribution in [1.29, 1.82) is 0 Å². The minimum Gasteiger partial charge on any atom is -0.497 e. The number of benzene rings is 1. The van der Waals surface area contributed by atoms with E-state index in [4.69, 9.17) is 4.74 Å². The number of methoxy groups -OCH3 is 1. The molecule has 0 saturated carbocycles. The number of aromatic nitrogens is 1. The fourth-order valence-electron chi connectivity index (χ4n) is 3.11. The Kier molecular flexibility index (Phi) is 8.62. The number of rotatable bonds is 5. The molecule has 0 atom stereocenters. The Morgan fingerprint density at radius 3 is 2.70 bits per heavy atom. The van der Waals surface area contributed by atoms with E-state index >= 15 is 0 Å². The molecule has 2 heterocycles. The SMILES string of the molecule is CN=C(NCCc1ncc(C)s1)N1CCN(c2cccc(OC)c2)CC1.I. The molecule has 0 bridgehead atoms. The first-order valence-corrected chi connectivity index (χ1v) is 9.77. The van der Waals surface area contributed by atoms with Gasteiger partial charge in [-0.15, -0.1) is 35.3 Å². The molecule has 2 aromatic rings. The molecule has 148 valence electrons. The van der Waals surface area contributed by atoms with Crippen molar-refractivity contribution < 1.29 is 4.74 Å². The standard InChI is InChI=1S/C19H27N5OS.HI/c1-15-14-22-18(26-15)7-8-21-19(20-2)24-11-9-23(10-12-24)16-5-4-6-17(13-16)25-3;/h4-6,13-14H,7-12H2,1-3H3,(H,20,21);1H. The molecule has 1 aliphatic heterocycles. The zero-order chi connectivity index (χ0) is 18.4. The molecule has 0 aliphatic carbocycles. The van der Waals surface area contributed by atoms with Crippen molar-refractivity contribution in [2.24, 2.45) is 4.99 Å². The van der Waals surface area contributed by atoms with Crippen LogP contribution in [0.2, 0.25) is 0 Å². The molecular formula is C19H28IN5OS. The second-order valence-corrected chi connectivity index (χ2v) is 7.58. The summed E-state index contributed by atoms with van der Waals surface area (Å²) in [6.45, 7) is 6.80. The Morgan fingerprint density at radius 1 is 1.30 bits per heavy atom. The van der Waals surface area contributed by atoms with Gasteiger partial charge in [-0.25, -0.2) is 4.98 Å². The summed E-state index contributed by atoms with van der Waals surface area (Å²) < 4.78 is 5.33. The van der Waals surface area contributed by atoms with Crippen LogP contribution in [0.15, 0.2) is 35.5 Å². The number of halogens is 1. The van der Waals surface area contributed by atoms with E-state index in [1.807, 2.05) is 25.4 Å². The first-order valence-electron chi connectivity index (χ1n) is 8.95. The van der Waals surface area contributed by atoms with Crippen molar-refractivity contribution >= 4 is 47.0 Å². The summed E-state index contributed by atoms with van der Waals surface area (Å²) in [6, 6.07) is 8.26. The number of anilines is 1. The number of nitrogens with one attached hydrogen (secondary N) is 1. The third kappa shape index (κ3) is 5.97. The number of nitrogens with zero attached hydrogens (tertiary/aromatic N) is 4. The molecule has 1 saturated heterocycles. The summed E-state index contributed by atoms with van der Waals surface area (Å²) in [7, 11) is 3.56. The van der Waals surface area contributed by atoms with Crippen LogP contribution in [0.25, 0.3) is 0 Å². The molecule has 6 nitrogen and oxygen atoms in total. The average Bonchev–Trinajstić information content (AvgIpc) is 3.10. The van der Waals surface area contributed by atoms with Gasteiger partial charge in [0, 0.05) is 69.0 Å². The van der Waals surface area contributed by atoms with Crippen molar-refractivity contribution in [2.75, 3.05) is 51.8 Å². The van der Waals surface area contributed by atoms with E-state index in [0.29, 0.717) is 0 Å². The highest BCUT2D eigenvalue weighted by molar-refractivity contribution is 14.0. The molecule has 1 aromatic heterocycles. The average molecular weight is 501 g/mol. The Labute approximate surface area is 182 Å². The van der Waals surface area contributed by atoms with E-state index in [0.717, 1.165) is 50.9 Å². The monoisotopic (exact) mass is 501 g/mol. The van der Waals surface area contributed by atoms with Crippen molar-refractivity contribution in [2.45, 2.75) is 13.3 Å². The molecule has 8 heteroatoms. The number of hydrogen-bond donors (Lipinski definition) is 1. The van der Waals surface area contributed by atoms with Crippen LogP contribution in [-0.2, 0) is 6.42 Å². The van der Waals surface area contributed by atoms with Gasteiger partial charge in [0.1, 0.15) is 5.75 Å². The molecule has 1 fully saturated rings. The quantitative estimate of drug-likeness (QED) is 0.388. The minimum atomic E-state index is 0. The minimum absolute atomic E-state index is 0. The summed E-state index contributed by atoms with van der Waals surface area (Å²) >= 11 is 1.76. The molecule has 1 aliphatic rings. The first-order chi connectivity index (χ1) is 12.7. The topological polar surface area (TPSA) is 53.0 Å². The Bertz CT molecular complexity index is 743. The van der Waals surface area contributed by atoms with Crippen LogP contribution in [0, 0.1) is 6.92 Å². The fourth-order valence-corrected chi connectivity index (χ4v) is 3.90. The second-order valence-electron chi connectivity index (χ2n) is 6.26. The fraction of sp³-hybridized carbons (Fsp3) is 0.474. The molecule has 0 spiro atoms. The van der Waals surface area contributed by atoms with Crippen LogP contribution in [0.3, 0.4) is 0 Å². The van der Waals surface area contributed by atoms with Crippen LogP contribution >= 0.6 is 35.3 Å². The number of thiazole rings is 1. The van der Waals surface area contributed by atoms with Gasteiger partial charge in [-0.3, -0.25) is 4.99 Å². The molecule has 0 radical (unpaired) electrons. The third-order valence-electron chi connectivity index (χ3n) is 4.50. The number of ether oxygens (including phenoxy) is 1. The van der Waals surface area contributed by atoms with Gasteiger partial charge < -0.3 is 19.9 Å². The van der Waals surface area contributed by atoms with Gasteiger partial charge in [0.05, 0.1) is 12.1 Å². The lowest BCUT2D eigenvalue weighted by Crippen LogP contribution is -2.52. The molecule has 27 heavy (non-hydrogen) atoms. The number of guanidine groups is 1. The molecule has 0 amide bonds. The third-order valence-corrected chi connectivity index (χ3v) is 5.47. The normalized spacial score (nSPS) is 14.7. The lowest BCUT2D eigenvalue weighted by atomic mass is 10.2. The van der Waals surface area contributed by atoms with E-state index in [9.17, 15) is 0 Å². The number of piperazine rings is 1. The van der Waals surface area contributed by atoms with Gasteiger partial charge >= 0.3 is 0 Å². The molecule has 1 N–H and O–H groups in total. The van der Waals surface area contributed by atoms with Gasteiger partial charge in [-0.1, -0.05) is 6.07 Å². The Hall–Kier alpha value is -1.55. The van der Waals surface area contributed by atoms with Gasteiger partial charge in [0.15, 0.2) is 5.96 Å². The maximum atomic E-state index is 5.33. The van der Waals surface area contributed by atoms with Crippen molar-refractivity contribution in [3.8, 4) is 5.75 Å². The van der Waals surface area contributed by atoms with E-state index in [-0.39, 0.29) is 24.0 Å². The lowest BCUT2D eigenvalue weighted by molar-refractivity contribution is 0.372. The molecule has 1 aromatic carbocycles. The summed E-state index contributed by atoms with van der Waals surface area (Å²) in [6.07, 6.45) is 2.87. The Balaban J connectivity index is 0.00000261. The number of aliphatic imine (C=N–C) groups is 1. The highest BCUT2D eigenvalue weighted by atomic mass is 127. The van der Waals surface area contributed by atoms with Gasteiger partial charge in [0.2, 0.25) is 0 Å². The highest BCUT2D eigenvalue weighted by Crippen LogP contribution is 2.22. The highest BCUT2D eigenvalue weighted by Gasteiger charge is 2.20. The van der Waals surface area contributed by atoms with E-state index in [2.05, 4.69) is 44.1 Å². The van der Waals surface area contributed by atoms with Crippen molar-refractivity contribution in [1.82, 2.24) is 15.2 Å². The van der Waals surface area contributed by atoms with E-state index in [1.54, 1.807) is 18.4 Å². The van der Waals surface area contributed by atoms with Crippen LogP contribution < -0.4 is 15.0 Å². The summed E-state index contributed by atoms with van der Waals surface area (Å²) in [5.74, 6) is 1.88. The zero-order valence-corrected chi connectivity index (χ0v) is 19.3. The van der Waals surface area contributed by atoms with Gasteiger partial charge in [-0.05, 0) is 19.1 Å². The number of aryl methyl sites for hydroxylation is 1. The van der Waals surface area contributed by atoms with E-state index < -0.39 is 0 Å². The van der Waals surface area contributed by atoms with Crippen LogP contribution in [0.1, 0.15) is 9.88 Å². The summed E-state index contributed by atoms with van der Waals surface area (Å²) in [5, 5.41) is 4.65. The largest absolute Gasteiger partial charge is 0.497 e. The molecular weight excluding hydrogens is 473 g/mol. The maximum Gasteiger partial charge on any atom is 0.193 e. The predicted molar refractivity (Wildman–Crippen MR) is 124 cm³/mol.